The number of phosphoric acid groups is 2. The number of hydrogen-bond donors (Lipinski definition) is 3. The van der Waals surface area contributed by atoms with Crippen molar-refractivity contribution in [3.63, 3.8) is 0 Å². The van der Waals surface area contributed by atoms with Crippen molar-refractivity contribution in [3.05, 3.63) is 24.3 Å². The number of hydrogen-bond acceptors (Lipinski definition) is 15. The molecular formula is C68H128O17P2. The maximum absolute atomic E-state index is 13.0. The van der Waals surface area contributed by atoms with Crippen LogP contribution in [-0.2, 0) is 65.4 Å². The second-order valence-corrected chi connectivity index (χ2v) is 27.5. The number of carbonyl (C=O) groups excluding carboxylic acids is 4. The van der Waals surface area contributed by atoms with Crippen LogP contribution in [0, 0.1) is 17.8 Å². The van der Waals surface area contributed by atoms with Crippen LogP contribution in [0.1, 0.15) is 312 Å². The Balaban J connectivity index is 5.30. The summed E-state index contributed by atoms with van der Waals surface area (Å²) in [4.78, 5) is 72.4. The first kappa shape index (κ1) is 84.5. The van der Waals surface area contributed by atoms with Gasteiger partial charge in [-0.15, -0.1) is 0 Å². The van der Waals surface area contributed by atoms with Gasteiger partial charge in [0.2, 0.25) is 0 Å². The van der Waals surface area contributed by atoms with Gasteiger partial charge in [-0.05, 0) is 69.1 Å². The predicted octanol–water partition coefficient (Wildman–Crippen LogP) is 18.6. The highest BCUT2D eigenvalue weighted by molar-refractivity contribution is 7.47. The van der Waals surface area contributed by atoms with E-state index in [0.29, 0.717) is 25.7 Å². The van der Waals surface area contributed by atoms with Gasteiger partial charge in [0.15, 0.2) is 12.2 Å². The SMILES string of the molecule is CCCCCC/C=C\C=C/CCCCCCCC(=O)O[C@H](COC(=O)CCCCCCCCC(C)CC)COP(=O)(O)OC[C@@H](O)COP(=O)(O)OC[C@@H](COC(=O)CCCCCCCCC(C)CC)OC(=O)CCCCCCCCCCC(C)CC. The molecule has 8 atom stereocenters. The predicted molar refractivity (Wildman–Crippen MR) is 349 cm³/mol. The monoisotopic (exact) mass is 1280 g/mol. The fourth-order valence-electron chi connectivity index (χ4n) is 9.55. The van der Waals surface area contributed by atoms with E-state index in [9.17, 15) is 43.2 Å². The lowest BCUT2D eigenvalue weighted by Crippen LogP contribution is -2.30. The molecule has 0 aromatic rings. The summed E-state index contributed by atoms with van der Waals surface area (Å²) in [6.45, 7) is 11.7. The molecule has 0 aromatic carbocycles. The van der Waals surface area contributed by atoms with E-state index >= 15 is 0 Å². The molecule has 3 N–H and O–H groups in total. The highest BCUT2D eigenvalue weighted by atomic mass is 31.2. The highest BCUT2D eigenvalue weighted by Crippen LogP contribution is 2.45. The summed E-state index contributed by atoms with van der Waals surface area (Å²) >= 11 is 0. The summed E-state index contributed by atoms with van der Waals surface area (Å²) in [5, 5.41) is 10.6. The third kappa shape index (κ3) is 58.4. The van der Waals surface area contributed by atoms with Crippen molar-refractivity contribution >= 4 is 39.5 Å². The van der Waals surface area contributed by atoms with Gasteiger partial charge in [-0.1, -0.05) is 259 Å². The smallest absolute Gasteiger partial charge is 0.462 e. The van der Waals surface area contributed by atoms with Gasteiger partial charge in [0.1, 0.15) is 19.3 Å². The zero-order chi connectivity index (χ0) is 64.5. The number of aliphatic hydroxyl groups is 1. The van der Waals surface area contributed by atoms with Crippen LogP contribution in [0.25, 0.3) is 0 Å². The van der Waals surface area contributed by atoms with Gasteiger partial charge in [0.25, 0.3) is 0 Å². The highest BCUT2D eigenvalue weighted by Gasteiger charge is 2.30. The fraction of sp³-hybridized carbons (Fsp3) is 0.882. The first-order chi connectivity index (χ1) is 41.8. The molecule has 0 heterocycles. The molecule has 0 aromatic heterocycles. The van der Waals surface area contributed by atoms with Gasteiger partial charge in [-0.25, -0.2) is 9.13 Å². The van der Waals surface area contributed by atoms with Crippen LogP contribution in [-0.4, -0.2) is 96.7 Å². The standard InChI is InChI=1S/C68H128O17P2/c1-8-12-13-14-15-16-17-18-19-20-21-22-26-37-44-51-67(72)84-63(55-78-65(70)49-42-35-30-28-33-40-47-60(6)10-3)57-82-86(74,75)80-53-62(69)54-81-87(76,77)83-58-64(56-79-66(71)50-43-36-31-29-34-41-48-61(7)11-4)85-68(73)52-45-38-27-24-23-25-32-39-46-59(5)9-2/h16-19,59-64,69H,8-15,20-58H2,1-7H3,(H,74,75)(H,76,77)/b17-16-,19-18-/t59?,60?,61?,62-,63-,64-/m1/s1. The average molecular weight is 1280 g/mol. The van der Waals surface area contributed by atoms with Crippen molar-refractivity contribution in [1.82, 2.24) is 0 Å². The molecule has 87 heavy (non-hydrogen) atoms. The molecule has 0 bridgehead atoms. The lowest BCUT2D eigenvalue weighted by molar-refractivity contribution is -0.161. The minimum atomic E-state index is -4.96. The van der Waals surface area contributed by atoms with Gasteiger partial charge in [0.05, 0.1) is 26.4 Å². The molecule has 0 rings (SSSR count). The Hall–Kier alpha value is -2.46. The first-order valence-corrected chi connectivity index (χ1v) is 37.8. The normalized spacial score (nSPS) is 15.4. The topological polar surface area (TPSA) is 237 Å². The van der Waals surface area contributed by atoms with Crippen LogP contribution < -0.4 is 0 Å². The van der Waals surface area contributed by atoms with E-state index in [-0.39, 0.29) is 25.7 Å². The average Bonchev–Trinajstić information content (AvgIpc) is 3.69. The second kappa shape index (κ2) is 58.6. The van der Waals surface area contributed by atoms with Gasteiger partial charge >= 0.3 is 39.5 Å². The number of ether oxygens (including phenoxy) is 4. The Bertz CT molecular complexity index is 1810. The number of phosphoric ester groups is 2. The summed E-state index contributed by atoms with van der Waals surface area (Å²) in [7, 11) is -9.91. The minimum Gasteiger partial charge on any atom is -0.462 e. The number of aliphatic hydroxyl groups excluding tert-OH is 1. The van der Waals surface area contributed by atoms with Crippen molar-refractivity contribution in [1.29, 1.82) is 0 Å². The summed E-state index contributed by atoms with van der Waals surface area (Å²) in [5.74, 6) is 0.0603. The maximum Gasteiger partial charge on any atom is 0.472 e. The second-order valence-electron chi connectivity index (χ2n) is 24.6. The van der Waals surface area contributed by atoms with Gasteiger partial charge in [-0.2, -0.15) is 0 Å². The number of carbonyl (C=O) groups is 4. The van der Waals surface area contributed by atoms with Crippen molar-refractivity contribution in [2.45, 2.75) is 330 Å². The van der Waals surface area contributed by atoms with E-state index in [1.54, 1.807) is 0 Å². The van der Waals surface area contributed by atoms with E-state index in [2.05, 4.69) is 72.8 Å². The molecule has 17 nitrogen and oxygen atoms in total. The maximum atomic E-state index is 13.0. The molecule has 0 aliphatic heterocycles. The third-order valence-electron chi connectivity index (χ3n) is 16.1. The molecule has 0 fully saturated rings. The van der Waals surface area contributed by atoms with Crippen LogP contribution in [0.2, 0.25) is 0 Å². The molecular weight excluding hydrogens is 1150 g/mol. The summed E-state index contributed by atoms with van der Waals surface area (Å²) in [6.07, 6.45) is 43.9. The van der Waals surface area contributed by atoms with Crippen molar-refractivity contribution in [2.75, 3.05) is 39.6 Å². The van der Waals surface area contributed by atoms with Crippen molar-refractivity contribution in [2.24, 2.45) is 17.8 Å². The Morgan fingerprint density at radius 2 is 0.644 bits per heavy atom. The Morgan fingerprint density at radius 1 is 0.368 bits per heavy atom. The van der Waals surface area contributed by atoms with E-state index in [1.807, 2.05) is 0 Å². The van der Waals surface area contributed by atoms with E-state index in [4.69, 9.17) is 37.0 Å². The molecule has 0 aliphatic carbocycles. The van der Waals surface area contributed by atoms with Crippen molar-refractivity contribution in [3.8, 4) is 0 Å². The Kier molecular flexibility index (Phi) is 57.0. The molecule has 512 valence electrons. The number of esters is 4. The zero-order valence-corrected chi connectivity index (χ0v) is 57.7. The Labute approximate surface area is 529 Å². The van der Waals surface area contributed by atoms with E-state index < -0.39 is 97.5 Å². The lowest BCUT2D eigenvalue weighted by Gasteiger charge is -2.21. The van der Waals surface area contributed by atoms with E-state index in [1.165, 1.54) is 96.3 Å². The third-order valence-corrected chi connectivity index (χ3v) is 18.0. The van der Waals surface area contributed by atoms with Crippen LogP contribution in [0.5, 0.6) is 0 Å². The summed E-state index contributed by atoms with van der Waals surface area (Å²) in [6, 6.07) is 0. The quantitative estimate of drug-likeness (QED) is 0.0169. The molecule has 0 saturated carbocycles. The number of allylic oxidation sites excluding steroid dienone is 4. The van der Waals surface area contributed by atoms with Crippen molar-refractivity contribution < 1.29 is 80.2 Å². The molecule has 0 saturated heterocycles. The lowest BCUT2D eigenvalue weighted by atomic mass is 9.99. The minimum absolute atomic E-state index is 0.0834. The van der Waals surface area contributed by atoms with Gasteiger partial charge in [-0.3, -0.25) is 37.3 Å². The Morgan fingerprint density at radius 3 is 0.966 bits per heavy atom. The molecule has 0 radical (unpaired) electrons. The molecule has 0 amide bonds. The largest absolute Gasteiger partial charge is 0.472 e. The van der Waals surface area contributed by atoms with Crippen LogP contribution in [0.15, 0.2) is 24.3 Å². The van der Waals surface area contributed by atoms with Crippen LogP contribution in [0.3, 0.4) is 0 Å². The number of unbranched alkanes of at least 4 members (excludes halogenated alkanes) is 26. The molecule has 5 unspecified atom stereocenters. The summed E-state index contributed by atoms with van der Waals surface area (Å²) < 4.78 is 68.1. The van der Waals surface area contributed by atoms with Crippen LogP contribution in [0.4, 0.5) is 0 Å². The van der Waals surface area contributed by atoms with Gasteiger partial charge in [0, 0.05) is 25.7 Å². The fourth-order valence-corrected chi connectivity index (χ4v) is 11.1. The first-order valence-electron chi connectivity index (χ1n) is 34.8. The van der Waals surface area contributed by atoms with Crippen LogP contribution >= 0.6 is 15.6 Å². The van der Waals surface area contributed by atoms with E-state index in [0.717, 1.165) is 133 Å². The van der Waals surface area contributed by atoms with Gasteiger partial charge < -0.3 is 33.8 Å². The molecule has 0 aliphatic rings. The molecule has 0 spiro atoms. The molecule has 19 heteroatoms. The zero-order valence-electron chi connectivity index (χ0n) is 56.0. The summed E-state index contributed by atoms with van der Waals surface area (Å²) in [5.41, 5.74) is 0. The number of rotatable bonds is 64.